The predicted molar refractivity (Wildman–Crippen MR) is 94.7 cm³/mol. The van der Waals surface area contributed by atoms with Crippen molar-refractivity contribution in [1.82, 2.24) is 9.88 Å². The number of benzene rings is 1. The van der Waals surface area contributed by atoms with Gasteiger partial charge in [-0.15, -0.1) is 0 Å². The summed E-state index contributed by atoms with van der Waals surface area (Å²) in [5, 5.41) is 5.18. The number of likely N-dealkylation sites (tertiary alicyclic amines) is 1. The summed E-state index contributed by atoms with van der Waals surface area (Å²) in [5.74, 6) is 0.278. The van der Waals surface area contributed by atoms with E-state index in [1.54, 1.807) is 30.3 Å². The highest BCUT2D eigenvalue weighted by atomic mass is 32.2. The molecule has 0 radical (unpaired) electrons. The SMILES string of the molecule is Cc1ccc(S(N)(=O)=O)cc1C(=O)N1CCC(c2ccncc2)CC1. The summed E-state index contributed by atoms with van der Waals surface area (Å²) in [6.07, 6.45) is 5.33. The van der Waals surface area contributed by atoms with E-state index in [9.17, 15) is 13.2 Å². The predicted octanol–water partition coefficient (Wildman–Crippen LogP) is 2.06. The molecule has 1 saturated heterocycles. The first-order valence-corrected chi connectivity index (χ1v) is 9.73. The van der Waals surface area contributed by atoms with E-state index in [0.717, 1.165) is 18.4 Å². The number of rotatable bonds is 3. The van der Waals surface area contributed by atoms with Gasteiger partial charge in [0, 0.05) is 31.0 Å². The maximum atomic E-state index is 12.8. The Balaban J connectivity index is 1.75. The van der Waals surface area contributed by atoms with E-state index >= 15 is 0 Å². The van der Waals surface area contributed by atoms with E-state index in [4.69, 9.17) is 5.14 Å². The molecule has 1 fully saturated rings. The van der Waals surface area contributed by atoms with Crippen molar-refractivity contribution in [3.63, 3.8) is 0 Å². The first-order chi connectivity index (χ1) is 11.9. The molecule has 2 aromatic rings. The second kappa shape index (κ2) is 6.93. The van der Waals surface area contributed by atoms with Crippen molar-refractivity contribution in [1.29, 1.82) is 0 Å². The molecule has 3 rings (SSSR count). The van der Waals surface area contributed by atoms with Crippen LogP contribution in [0.3, 0.4) is 0 Å². The van der Waals surface area contributed by atoms with Gasteiger partial charge in [-0.2, -0.15) is 0 Å². The number of hydrogen-bond acceptors (Lipinski definition) is 4. The fourth-order valence-corrected chi connectivity index (χ4v) is 3.77. The van der Waals surface area contributed by atoms with Gasteiger partial charge in [-0.1, -0.05) is 6.07 Å². The third-order valence-electron chi connectivity index (χ3n) is 4.73. The minimum absolute atomic E-state index is 0.0341. The number of carbonyl (C=O) groups is 1. The molecule has 2 heterocycles. The van der Waals surface area contributed by atoms with E-state index in [1.807, 2.05) is 12.1 Å². The molecule has 25 heavy (non-hydrogen) atoms. The lowest BCUT2D eigenvalue weighted by molar-refractivity contribution is 0.0712. The molecule has 2 N–H and O–H groups in total. The maximum Gasteiger partial charge on any atom is 0.254 e. The number of nitrogens with two attached hydrogens (primary N) is 1. The zero-order chi connectivity index (χ0) is 18.0. The van der Waals surface area contributed by atoms with Crippen LogP contribution in [0.15, 0.2) is 47.6 Å². The molecular weight excluding hydrogens is 338 g/mol. The van der Waals surface area contributed by atoms with Crippen LogP contribution in [0.25, 0.3) is 0 Å². The smallest absolute Gasteiger partial charge is 0.254 e. The summed E-state index contributed by atoms with van der Waals surface area (Å²) in [5.41, 5.74) is 2.39. The van der Waals surface area contributed by atoms with Crippen LogP contribution in [0.1, 0.15) is 40.2 Å². The monoisotopic (exact) mass is 359 g/mol. The molecule has 1 amide bonds. The summed E-state index contributed by atoms with van der Waals surface area (Å²) in [6, 6.07) is 8.46. The average molecular weight is 359 g/mol. The Hall–Kier alpha value is -2.25. The maximum absolute atomic E-state index is 12.8. The van der Waals surface area contributed by atoms with Crippen molar-refractivity contribution in [3.8, 4) is 0 Å². The highest BCUT2D eigenvalue weighted by molar-refractivity contribution is 7.89. The van der Waals surface area contributed by atoms with Crippen LogP contribution in [-0.2, 0) is 10.0 Å². The first-order valence-electron chi connectivity index (χ1n) is 8.19. The van der Waals surface area contributed by atoms with Crippen molar-refractivity contribution in [3.05, 3.63) is 59.4 Å². The molecule has 7 heteroatoms. The van der Waals surface area contributed by atoms with Crippen LogP contribution in [-0.4, -0.2) is 37.3 Å². The second-order valence-corrected chi connectivity index (χ2v) is 7.93. The van der Waals surface area contributed by atoms with E-state index in [0.29, 0.717) is 24.6 Å². The van der Waals surface area contributed by atoms with Crippen molar-refractivity contribution >= 4 is 15.9 Å². The first kappa shape index (κ1) is 17.6. The number of hydrogen-bond donors (Lipinski definition) is 1. The molecule has 1 aliphatic rings. The number of nitrogens with zero attached hydrogens (tertiary/aromatic N) is 2. The molecule has 1 aliphatic heterocycles. The van der Waals surface area contributed by atoms with Gasteiger partial charge >= 0.3 is 0 Å². The quantitative estimate of drug-likeness (QED) is 0.908. The van der Waals surface area contributed by atoms with Crippen molar-refractivity contribution in [2.45, 2.75) is 30.6 Å². The van der Waals surface area contributed by atoms with Gasteiger partial charge in [-0.3, -0.25) is 9.78 Å². The summed E-state index contributed by atoms with van der Waals surface area (Å²) < 4.78 is 23.1. The van der Waals surface area contributed by atoms with Crippen molar-refractivity contribution in [2.24, 2.45) is 5.14 Å². The number of amides is 1. The largest absolute Gasteiger partial charge is 0.339 e. The lowest BCUT2D eigenvalue weighted by atomic mass is 9.90. The molecule has 0 unspecified atom stereocenters. The van der Waals surface area contributed by atoms with E-state index in [2.05, 4.69) is 4.98 Å². The molecule has 132 valence electrons. The van der Waals surface area contributed by atoms with E-state index in [-0.39, 0.29) is 10.8 Å². The number of pyridine rings is 1. The van der Waals surface area contributed by atoms with Crippen LogP contribution in [0.2, 0.25) is 0 Å². The zero-order valence-corrected chi connectivity index (χ0v) is 14.9. The molecule has 0 saturated carbocycles. The molecular formula is C18H21N3O3S. The van der Waals surface area contributed by atoms with Gasteiger partial charge in [0.25, 0.3) is 5.91 Å². The van der Waals surface area contributed by atoms with Crippen LogP contribution in [0.4, 0.5) is 0 Å². The Labute approximate surface area is 147 Å². The number of aryl methyl sites for hydroxylation is 1. The van der Waals surface area contributed by atoms with Crippen molar-refractivity contribution in [2.75, 3.05) is 13.1 Å². The second-order valence-electron chi connectivity index (χ2n) is 6.37. The van der Waals surface area contributed by atoms with Crippen LogP contribution < -0.4 is 5.14 Å². The fourth-order valence-electron chi connectivity index (χ4n) is 3.23. The van der Waals surface area contributed by atoms with Gasteiger partial charge in [0.1, 0.15) is 0 Å². The summed E-state index contributed by atoms with van der Waals surface area (Å²) in [7, 11) is -3.83. The Bertz CT molecular complexity index is 874. The number of carbonyl (C=O) groups excluding carboxylic acids is 1. The highest BCUT2D eigenvalue weighted by Crippen LogP contribution is 2.28. The van der Waals surface area contributed by atoms with Gasteiger partial charge in [0.15, 0.2) is 0 Å². The van der Waals surface area contributed by atoms with Gasteiger partial charge in [-0.25, -0.2) is 13.6 Å². The fraction of sp³-hybridized carbons (Fsp3) is 0.333. The highest BCUT2D eigenvalue weighted by Gasteiger charge is 2.26. The minimum atomic E-state index is -3.83. The van der Waals surface area contributed by atoms with Crippen LogP contribution in [0, 0.1) is 6.92 Å². The average Bonchev–Trinajstić information content (AvgIpc) is 2.61. The molecule has 0 spiro atoms. The minimum Gasteiger partial charge on any atom is -0.339 e. The summed E-state index contributed by atoms with van der Waals surface area (Å²) >= 11 is 0. The Morgan fingerprint density at radius 3 is 2.40 bits per heavy atom. The third-order valence-corrected chi connectivity index (χ3v) is 5.64. The van der Waals surface area contributed by atoms with E-state index in [1.165, 1.54) is 17.7 Å². The lowest BCUT2D eigenvalue weighted by Crippen LogP contribution is -2.38. The Morgan fingerprint density at radius 1 is 1.16 bits per heavy atom. The Kier molecular flexibility index (Phi) is 4.87. The van der Waals surface area contributed by atoms with Gasteiger partial charge in [0.2, 0.25) is 10.0 Å². The lowest BCUT2D eigenvalue weighted by Gasteiger charge is -2.32. The van der Waals surface area contributed by atoms with Gasteiger partial charge in [0.05, 0.1) is 4.90 Å². The standard InChI is InChI=1S/C18H21N3O3S/c1-13-2-3-16(25(19,23)24)12-17(13)18(22)21-10-6-15(7-11-21)14-4-8-20-9-5-14/h2-5,8-9,12,15H,6-7,10-11H2,1H3,(H2,19,23,24). The van der Waals surface area contributed by atoms with Gasteiger partial charge in [-0.05, 0) is 61.1 Å². The normalized spacial score (nSPS) is 16.0. The number of piperidine rings is 1. The summed E-state index contributed by atoms with van der Waals surface area (Å²) in [6.45, 7) is 3.08. The van der Waals surface area contributed by atoms with E-state index < -0.39 is 10.0 Å². The molecule has 0 atom stereocenters. The molecule has 0 bridgehead atoms. The third kappa shape index (κ3) is 3.88. The summed E-state index contributed by atoms with van der Waals surface area (Å²) in [4.78, 5) is 18.6. The van der Waals surface area contributed by atoms with Crippen molar-refractivity contribution < 1.29 is 13.2 Å². The number of sulfonamides is 1. The van der Waals surface area contributed by atoms with Gasteiger partial charge < -0.3 is 4.90 Å². The molecule has 6 nitrogen and oxygen atoms in total. The molecule has 1 aromatic heterocycles. The topological polar surface area (TPSA) is 93.4 Å². The molecule has 0 aliphatic carbocycles. The number of aromatic nitrogens is 1. The van der Waals surface area contributed by atoms with Crippen LogP contribution in [0.5, 0.6) is 0 Å². The number of primary sulfonamides is 1. The zero-order valence-electron chi connectivity index (χ0n) is 14.1. The van der Waals surface area contributed by atoms with Crippen LogP contribution >= 0.6 is 0 Å². The molecule has 1 aromatic carbocycles. The Morgan fingerprint density at radius 2 is 1.80 bits per heavy atom.